The third-order valence-electron chi connectivity index (χ3n) is 4.06. The monoisotopic (exact) mass is 208 g/mol. The van der Waals surface area contributed by atoms with Gasteiger partial charge in [-0.05, 0) is 41.8 Å². The van der Waals surface area contributed by atoms with E-state index in [0.717, 1.165) is 0 Å². The maximum absolute atomic E-state index is 2.37. The summed E-state index contributed by atoms with van der Waals surface area (Å²) in [6, 6.07) is 6.89. The molecule has 0 spiro atoms. The first-order valence-corrected chi connectivity index (χ1v) is 6.12. The third-order valence-corrected chi connectivity index (χ3v) is 4.06. The van der Waals surface area contributed by atoms with E-state index in [0.29, 0.717) is 0 Å². The quantitative estimate of drug-likeness (QED) is 0.575. The number of aryl methyl sites for hydroxylation is 1. The Bertz CT molecular complexity index is 518. The van der Waals surface area contributed by atoms with Crippen molar-refractivity contribution in [3.05, 3.63) is 52.6 Å². The van der Waals surface area contributed by atoms with Crippen molar-refractivity contribution >= 4 is 13.4 Å². The van der Waals surface area contributed by atoms with Crippen molar-refractivity contribution in [2.75, 3.05) is 0 Å². The molecule has 1 aromatic carbocycles. The number of fused-ring (bicyclic) bond motifs is 2. The zero-order valence-corrected chi connectivity index (χ0v) is 10.3. The van der Waals surface area contributed by atoms with Gasteiger partial charge in [-0.3, -0.25) is 0 Å². The summed E-state index contributed by atoms with van der Waals surface area (Å²) in [5.41, 5.74) is 7.48. The Labute approximate surface area is 98.5 Å². The van der Waals surface area contributed by atoms with E-state index in [4.69, 9.17) is 0 Å². The van der Waals surface area contributed by atoms with Crippen LogP contribution < -0.4 is 0 Å². The molecule has 2 aliphatic rings. The van der Waals surface area contributed by atoms with Gasteiger partial charge in [0.1, 0.15) is 7.85 Å². The minimum absolute atomic E-state index is 0.238. The Hall–Kier alpha value is -1.24. The van der Waals surface area contributed by atoms with Gasteiger partial charge < -0.3 is 0 Å². The molecule has 1 unspecified atom stereocenters. The minimum atomic E-state index is 0.238. The molecule has 2 aliphatic carbocycles. The van der Waals surface area contributed by atoms with Gasteiger partial charge >= 0.3 is 0 Å². The molecule has 1 aromatic rings. The Kier molecular flexibility index (Phi) is 1.95. The van der Waals surface area contributed by atoms with E-state index in [1.54, 1.807) is 5.57 Å². The fourth-order valence-electron chi connectivity index (χ4n) is 3.14. The average Bonchev–Trinajstić information content (AvgIpc) is 2.49. The summed E-state index contributed by atoms with van der Waals surface area (Å²) >= 11 is 0. The molecule has 0 bridgehead atoms. The predicted octanol–water partition coefficient (Wildman–Crippen LogP) is 2.96. The maximum atomic E-state index is 2.37. The summed E-state index contributed by atoms with van der Waals surface area (Å²) in [6.07, 6.45) is 7.06. The summed E-state index contributed by atoms with van der Waals surface area (Å²) in [5.74, 6) is 0. The Morgan fingerprint density at radius 3 is 2.94 bits per heavy atom. The first-order chi connectivity index (χ1) is 7.60. The summed E-state index contributed by atoms with van der Waals surface area (Å²) in [4.78, 5) is 0. The summed E-state index contributed by atoms with van der Waals surface area (Å²) in [6.45, 7) is 4.55. The van der Waals surface area contributed by atoms with Crippen molar-refractivity contribution in [2.24, 2.45) is 0 Å². The normalized spacial score (nSPS) is 26.9. The van der Waals surface area contributed by atoms with Crippen molar-refractivity contribution in [3.8, 4) is 0 Å². The Morgan fingerprint density at radius 1 is 1.31 bits per heavy atom. The van der Waals surface area contributed by atoms with Crippen LogP contribution in [0.2, 0.25) is 0 Å². The van der Waals surface area contributed by atoms with Crippen LogP contribution in [0.3, 0.4) is 0 Å². The van der Waals surface area contributed by atoms with Crippen LogP contribution >= 0.6 is 0 Å². The largest absolute Gasteiger partial charge is 0.120 e. The number of hydrogen-bond donors (Lipinski definition) is 0. The molecule has 0 nitrogen and oxygen atoms in total. The first kappa shape index (κ1) is 9.95. The van der Waals surface area contributed by atoms with E-state index in [1.165, 1.54) is 35.1 Å². The van der Waals surface area contributed by atoms with Gasteiger partial charge in [0.05, 0.1) is 0 Å². The van der Waals surface area contributed by atoms with Crippen LogP contribution in [-0.2, 0) is 5.31 Å². The molecule has 80 valence electrons. The van der Waals surface area contributed by atoms with Crippen LogP contribution in [0, 0.1) is 6.92 Å². The van der Waals surface area contributed by atoms with Gasteiger partial charge in [0.2, 0.25) is 0 Å². The Balaban J connectivity index is 2.28. The van der Waals surface area contributed by atoms with E-state index in [9.17, 15) is 0 Å². The molecule has 0 aromatic heterocycles. The molecule has 0 N–H and O–H groups in total. The molecule has 3 rings (SSSR count). The second kappa shape index (κ2) is 3.13. The van der Waals surface area contributed by atoms with E-state index in [-0.39, 0.29) is 5.31 Å². The van der Waals surface area contributed by atoms with Crippen LogP contribution in [0.25, 0.3) is 5.57 Å². The highest BCUT2D eigenvalue weighted by molar-refractivity contribution is 6.21. The molecule has 0 saturated carbocycles. The molecule has 0 heterocycles. The highest BCUT2D eigenvalue weighted by atomic mass is 14.4. The molecule has 0 fully saturated rings. The number of hydrogen-bond acceptors (Lipinski definition) is 0. The smallest absolute Gasteiger partial charge is 0.0836 e. The van der Waals surface area contributed by atoms with Crippen LogP contribution in [0.15, 0.2) is 35.9 Å². The van der Waals surface area contributed by atoms with Crippen molar-refractivity contribution in [1.82, 2.24) is 0 Å². The van der Waals surface area contributed by atoms with Gasteiger partial charge in [-0.15, -0.1) is 0 Å². The first-order valence-electron chi connectivity index (χ1n) is 6.12. The SMILES string of the molecule is BC1(C)C2=C(C=CCC2)c2ccc(C)cc21. The topological polar surface area (TPSA) is 0 Å². The molecule has 0 aliphatic heterocycles. The molecule has 0 saturated heterocycles. The lowest BCUT2D eigenvalue weighted by Gasteiger charge is -2.25. The van der Waals surface area contributed by atoms with E-state index in [1.807, 2.05) is 0 Å². The third kappa shape index (κ3) is 1.18. The number of rotatable bonds is 0. The lowest BCUT2D eigenvalue weighted by Crippen LogP contribution is -2.22. The molecule has 0 amide bonds. The minimum Gasteiger partial charge on any atom is -0.0836 e. The molecule has 1 heteroatoms. The van der Waals surface area contributed by atoms with Gasteiger partial charge in [-0.2, -0.15) is 0 Å². The number of allylic oxidation sites excluding steroid dienone is 4. The van der Waals surface area contributed by atoms with Crippen molar-refractivity contribution in [3.63, 3.8) is 0 Å². The zero-order valence-electron chi connectivity index (χ0n) is 10.3. The molecular weight excluding hydrogens is 191 g/mol. The highest BCUT2D eigenvalue weighted by Crippen LogP contribution is 2.48. The van der Waals surface area contributed by atoms with Gasteiger partial charge in [0.15, 0.2) is 0 Å². The van der Waals surface area contributed by atoms with Crippen LogP contribution in [-0.4, -0.2) is 7.85 Å². The van der Waals surface area contributed by atoms with Crippen molar-refractivity contribution in [2.45, 2.75) is 32.0 Å². The van der Waals surface area contributed by atoms with Crippen LogP contribution in [0.1, 0.15) is 36.5 Å². The lowest BCUT2D eigenvalue weighted by molar-refractivity contribution is 0.752. The molecule has 16 heavy (non-hydrogen) atoms. The zero-order chi connectivity index (χ0) is 11.3. The summed E-state index contributed by atoms with van der Waals surface area (Å²) < 4.78 is 0. The van der Waals surface area contributed by atoms with Crippen molar-refractivity contribution < 1.29 is 0 Å². The molecule has 0 radical (unpaired) electrons. The van der Waals surface area contributed by atoms with Gasteiger partial charge in [0, 0.05) is 0 Å². The number of benzene rings is 1. The average molecular weight is 208 g/mol. The summed E-state index contributed by atoms with van der Waals surface area (Å²) in [5, 5.41) is 0.238. The predicted molar refractivity (Wildman–Crippen MR) is 72.4 cm³/mol. The van der Waals surface area contributed by atoms with Gasteiger partial charge in [0.25, 0.3) is 0 Å². The second-order valence-corrected chi connectivity index (χ2v) is 5.51. The van der Waals surface area contributed by atoms with Crippen molar-refractivity contribution in [1.29, 1.82) is 0 Å². The second-order valence-electron chi connectivity index (χ2n) is 5.51. The van der Waals surface area contributed by atoms with E-state index < -0.39 is 0 Å². The highest BCUT2D eigenvalue weighted by Gasteiger charge is 2.36. The van der Waals surface area contributed by atoms with Gasteiger partial charge in [-0.1, -0.05) is 48.4 Å². The Morgan fingerprint density at radius 2 is 2.12 bits per heavy atom. The van der Waals surface area contributed by atoms with Gasteiger partial charge in [-0.25, -0.2) is 0 Å². The fourth-order valence-corrected chi connectivity index (χ4v) is 3.14. The standard InChI is InChI=1S/C15H17B/c1-10-7-8-12-11-5-3-4-6-13(11)15(2,16)14(12)9-10/h3,5,7-9H,4,6,16H2,1-2H3. The van der Waals surface area contributed by atoms with E-state index in [2.05, 4.69) is 52.0 Å². The van der Waals surface area contributed by atoms with Crippen LogP contribution in [0.4, 0.5) is 0 Å². The fraction of sp³-hybridized carbons (Fsp3) is 0.333. The summed E-state index contributed by atoms with van der Waals surface area (Å²) in [7, 11) is 2.37. The lowest BCUT2D eigenvalue weighted by atomic mass is 9.62. The molecular formula is C15H17B. The van der Waals surface area contributed by atoms with Crippen LogP contribution in [0.5, 0.6) is 0 Å². The molecule has 1 atom stereocenters. The maximum Gasteiger partial charge on any atom is 0.120 e. The van der Waals surface area contributed by atoms with E-state index >= 15 is 0 Å².